The van der Waals surface area contributed by atoms with Gasteiger partial charge < -0.3 is 13.6 Å². The van der Waals surface area contributed by atoms with E-state index in [1.54, 1.807) is 12.1 Å². The smallest absolute Gasteiger partial charge is 0.336 e. The van der Waals surface area contributed by atoms with Crippen molar-refractivity contribution < 1.29 is 18.4 Å². The number of rotatable bonds is 4. The summed E-state index contributed by atoms with van der Waals surface area (Å²) in [6.45, 7) is 3.83. The highest BCUT2D eigenvalue weighted by Gasteiger charge is 2.10. The van der Waals surface area contributed by atoms with E-state index < -0.39 is 11.6 Å². The number of ether oxygens (including phenoxy) is 1. The molecule has 3 rings (SSSR count). The molecule has 0 aliphatic heterocycles. The van der Waals surface area contributed by atoms with E-state index in [1.165, 1.54) is 24.5 Å². The van der Waals surface area contributed by atoms with Gasteiger partial charge in [-0.25, -0.2) is 9.59 Å². The maximum Gasteiger partial charge on any atom is 0.336 e. The summed E-state index contributed by atoms with van der Waals surface area (Å²) in [5.74, 6) is 0.0421. The van der Waals surface area contributed by atoms with Crippen molar-refractivity contribution in [2.24, 2.45) is 0 Å². The summed E-state index contributed by atoms with van der Waals surface area (Å²) in [7, 11) is 0. The number of benzene rings is 1. The molecule has 3 aromatic rings. The van der Waals surface area contributed by atoms with Gasteiger partial charge in [0.25, 0.3) is 0 Å². The Kier molecular flexibility index (Phi) is 4.33. The van der Waals surface area contributed by atoms with Crippen molar-refractivity contribution in [2.45, 2.75) is 20.5 Å². The molecule has 0 saturated carbocycles. The number of carbonyl (C=O) groups is 1. The van der Waals surface area contributed by atoms with E-state index in [9.17, 15) is 9.59 Å². The summed E-state index contributed by atoms with van der Waals surface area (Å²) in [6, 6.07) is 8.61. The Labute approximate surface area is 138 Å². The van der Waals surface area contributed by atoms with Crippen LogP contribution in [-0.4, -0.2) is 5.97 Å². The Morgan fingerprint density at radius 3 is 2.83 bits per heavy atom. The zero-order valence-corrected chi connectivity index (χ0v) is 13.4. The quantitative estimate of drug-likeness (QED) is 0.415. The number of furan rings is 1. The highest BCUT2D eigenvalue weighted by atomic mass is 16.5. The minimum atomic E-state index is -0.517. The first-order valence-corrected chi connectivity index (χ1v) is 7.46. The Morgan fingerprint density at radius 2 is 2.08 bits per heavy atom. The topological polar surface area (TPSA) is 69.7 Å². The summed E-state index contributed by atoms with van der Waals surface area (Å²) in [6.07, 6.45) is 4.32. The molecule has 0 N–H and O–H groups in total. The first-order chi connectivity index (χ1) is 11.5. The van der Waals surface area contributed by atoms with Crippen molar-refractivity contribution >= 4 is 23.0 Å². The maximum absolute atomic E-state index is 11.8. The number of carbonyl (C=O) groups excluding carboxylic acids is 1. The van der Waals surface area contributed by atoms with Crippen LogP contribution in [0.3, 0.4) is 0 Å². The third kappa shape index (κ3) is 3.30. The molecule has 5 heteroatoms. The largest absolute Gasteiger partial charge is 0.465 e. The van der Waals surface area contributed by atoms with Crippen molar-refractivity contribution in [3.05, 3.63) is 75.5 Å². The van der Waals surface area contributed by atoms with Crippen LogP contribution in [0.1, 0.15) is 22.5 Å². The molecule has 0 saturated heterocycles. The molecule has 0 amide bonds. The van der Waals surface area contributed by atoms with E-state index >= 15 is 0 Å². The van der Waals surface area contributed by atoms with Gasteiger partial charge in [-0.05, 0) is 43.2 Å². The van der Waals surface area contributed by atoms with E-state index in [0.717, 1.165) is 16.5 Å². The molecular weight excluding hydrogens is 308 g/mol. The molecule has 0 aliphatic carbocycles. The van der Waals surface area contributed by atoms with Gasteiger partial charge in [0.1, 0.15) is 18.0 Å². The summed E-state index contributed by atoms with van der Waals surface area (Å²) in [5.41, 5.74) is 2.61. The summed E-state index contributed by atoms with van der Waals surface area (Å²) < 4.78 is 15.6. The lowest BCUT2D eigenvalue weighted by molar-refractivity contribution is -0.138. The average molecular weight is 324 g/mol. The fourth-order valence-electron chi connectivity index (χ4n) is 2.38. The molecule has 0 fully saturated rings. The van der Waals surface area contributed by atoms with Gasteiger partial charge in [-0.2, -0.15) is 0 Å². The molecule has 0 atom stereocenters. The summed E-state index contributed by atoms with van der Waals surface area (Å²) in [4.78, 5) is 23.6. The molecule has 0 unspecified atom stereocenters. The van der Waals surface area contributed by atoms with Crippen LogP contribution in [0, 0.1) is 13.8 Å². The monoisotopic (exact) mass is 324 g/mol. The lowest BCUT2D eigenvalue weighted by Crippen LogP contribution is -2.06. The predicted octanol–water partition coefficient (Wildman–Crippen LogP) is 3.76. The van der Waals surface area contributed by atoms with Crippen LogP contribution in [0.25, 0.3) is 17.0 Å². The maximum atomic E-state index is 11.8. The Hall–Kier alpha value is -3.08. The highest BCUT2D eigenvalue weighted by Crippen LogP contribution is 2.23. The van der Waals surface area contributed by atoms with E-state index in [1.807, 2.05) is 26.0 Å². The van der Waals surface area contributed by atoms with Crippen molar-refractivity contribution in [2.75, 3.05) is 0 Å². The molecule has 0 radical (unpaired) electrons. The van der Waals surface area contributed by atoms with E-state index in [2.05, 4.69) is 0 Å². The van der Waals surface area contributed by atoms with Crippen LogP contribution in [-0.2, 0) is 16.1 Å². The van der Waals surface area contributed by atoms with Crippen molar-refractivity contribution in [1.82, 2.24) is 0 Å². The minimum Gasteiger partial charge on any atom is -0.465 e. The Balaban J connectivity index is 1.81. The lowest BCUT2D eigenvalue weighted by atomic mass is 10.0. The fourth-order valence-corrected chi connectivity index (χ4v) is 2.38. The van der Waals surface area contributed by atoms with Crippen LogP contribution >= 0.6 is 0 Å². The lowest BCUT2D eigenvalue weighted by Gasteiger charge is -2.09. The second-order valence-electron chi connectivity index (χ2n) is 5.43. The first-order valence-electron chi connectivity index (χ1n) is 7.46. The number of aryl methyl sites for hydroxylation is 2. The molecular formula is C19H16O5. The van der Waals surface area contributed by atoms with Gasteiger partial charge in [-0.1, -0.05) is 12.1 Å². The van der Waals surface area contributed by atoms with Crippen LogP contribution < -0.4 is 5.63 Å². The summed E-state index contributed by atoms with van der Waals surface area (Å²) in [5, 5.41) is 0.764. The zero-order valence-electron chi connectivity index (χ0n) is 13.4. The number of esters is 1. The van der Waals surface area contributed by atoms with Crippen molar-refractivity contribution in [3.8, 4) is 0 Å². The van der Waals surface area contributed by atoms with Crippen molar-refractivity contribution in [3.63, 3.8) is 0 Å². The van der Waals surface area contributed by atoms with Crippen LogP contribution in [0.2, 0.25) is 0 Å². The first kappa shape index (κ1) is 15.8. The van der Waals surface area contributed by atoms with E-state index in [-0.39, 0.29) is 6.61 Å². The highest BCUT2D eigenvalue weighted by molar-refractivity contribution is 5.87. The fraction of sp³-hybridized carbons (Fsp3) is 0.158. The van der Waals surface area contributed by atoms with E-state index in [4.69, 9.17) is 13.6 Å². The number of hydrogen-bond acceptors (Lipinski definition) is 5. The number of fused-ring (bicyclic) bond motifs is 1. The van der Waals surface area contributed by atoms with Gasteiger partial charge in [-0.3, -0.25) is 0 Å². The predicted molar refractivity (Wildman–Crippen MR) is 89.5 cm³/mol. The molecule has 24 heavy (non-hydrogen) atoms. The average Bonchev–Trinajstić information content (AvgIpc) is 3.08. The van der Waals surface area contributed by atoms with Crippen LogP contribution in [0.4, 0.5) is 0 Å². The third-order valence-electron chi connectivity index (χ3n) is 3.81. The molecule has 1 aromatic carbocycles. The minimum absolute atomic E-state index is 0.00801. The second kappa shape index (κ2) is 6.58. The number of hydrogen-bond donors (Lipinski definition) is 0. The SMILES string of the molecule is Cc1ccc2c(COC(=O)C=Cc3ccco3)cc(=O)oc2c1C. The van der Waals surface area contributed by atoms with E-state index in [0.29, 0.717) is 16.9 Å². The van der Waals surface area contributed by atoms with Gasteiger partial charge in [-0.15, -0.1) is 0 Å². The standard InChI is InChI=1S/C19H16O5/c1-12-5-7-16-14(10-18(21)24-19(16)13(12)2)11-23-17(20)8-6-15-4-3-9-22-15/h3-10H,11H2,1-2H3. The Morgan fingerprint density at radius 1 is 1.25 bits per heavy atom. The van der Waals surface area contributed by atoms with Gasteiger partial charge in [0.2, 0.25) is 0 Å². The Bertz CT molecular complexity index is 961. The molecule has 5 nitrogen and oxygen atoms in total. The zero-order chi connectivity index (χ0) is 17.1. The molecule has 2 aromatic heterocycles. The normalized spacial score (nSPS) is 11.2. The second-order valence-corrected chi connectivity index (χ2v) is 5.43. The van der Waals surface area contributed by atoms with Gasteiger partial charge in [0.15, 0.2) is 0 Å². The van der Waals surface area contributed by atoms with Gasteiger partial charge >= 0.3 is 11.6 Å². The molecule has 0 bridgehead atoms. The molecule has 122 valence electrons. The van der Waals surface area contributed by atoms with Crippen molar-refractivity contribution in [1.29, 1.82) is 0 Å². The molecule has 0 aliphatic rings. The molecule has 0 spiro atoms. The van der Waals surface area contributed by atoms with Gasteiger partial charge in [0.05, 0.1) is 6.26 Å². The van der Waals surface area contributed by atoms with Crippen LogP contribution in [0.15, 0.2) is 56.3 Å². The van der Waals surface area contributed by atoms with Gasteiger partial charge in [0, 0.05) is 23.1 Å². The third-order valence-corrected chi connectivity index (χ3v) is 3.81. The summed E-state index contributed by atoms with van der Waals surface area (Å²) >= 11 is 0. The van der Waals surface area contributed by atoms with Crippen LogP contribution in [0.5, 0.6) is 0 Å². The molecule has 2 heterocycles.